The first-order valence-corrected chi connectivity index (χ1v) is 10.0. The Hall–Kier alpha value is -4.37. The van der Waals surface area contributed by atoms with Gasteiger partial charge in [0.05, 0.1) is 16.8 Å². The zero-order chi connectivity index (χ0) is 21.1. The summed E-state index contributed by atoms with van der Waals surface area (Å²) in [5.41, 5.74) is 11.3. The molecule has 1 aliphatic rings. The molecule has 0 saturated carbocycles. The topological polar surface area (TPSA) is 97.3 Å². The second-order valence-electron chi connectivity index (χ2n) is 7.67. The molecule has 0 unspecified atom stereocenters. The van der Waals surface area contributed by atoms with Crippen LogP contribution in [-0.4, -0.2) is 9.61 Å². The van der Waals surface area contributed by atoms with E-state index in [1.807, 2.05) is 60.7 Å². The number of pyridine rings is 1. The Morgan fingerprint density at radius 2 is 1.81 bits per heavy atom. The normalized spacial score (nSPS) is 12.5. The summed E-state index contributed by atoms with van der Waals surface area (Å²) in [5, 5.41) is 15.5. The third-order valence-corrected chi connectivity index (χ3v) is 6.01. The molecule has 0 atom stereocenters. The Kier molecular flexibility index (Phi) is 3.56. The number of hydrogen-bond acceptors (Lipinski definition) is 5. The van der Waals surface area contributed by atoms with Gasteiger partial charge in [-0.1, -0.05) is 54.6 Å². The van der Waals surface area contributed by atoms with Crippen molar-refractivity contribution in [3.8, 4) is 28.7 Å². The molecule has 2 N–H and O–H groups in total. The van der Waals surface area contributed by atoms with Crippen molar-refractivity contribution in [1.29, 1.82) is 5.26 Å². The predicted octanol–water partition coefficient (Wildman–Crippen LogP) is 4.33. The van der Waals surface area contributed by atoms with Gasteiger partial charge in [0, 0.05) is 22.1 Å². The first-order valence-electron chi connectivity index (χ1n) is 10.0. The summed E-state index contributed by atoms with van der Waals surface area (Å²) in [5.74, 6) is 0.712. The largest absolute Gasteiger partial charge is 0.422 e. The van der Waals surface area contributed by atoms with Gasteiger partial charge in [0.25, 0.3) is 0 Å². The molecule has 6 heteroatoms. The fourth-order valence-corrected chi connectivity index (χ4v) is 4.60. The van der Waals surface area contributed by atoms with Crippen molar-refractivity contribution in [3.63, 3.8) is 0 Å². The van der Waals surface area contributed by atoms with Crippen molar-refractivity contribution >= 4 is 22.1 Å². The minimum atomic E-state index is -0.557. The summed E-state index contributed by atoms with van der Waals surface area (Å²) in [6.07, 6.45) is 1.47. The quantitative estimate of drug-likeness (QED) is 0.449. The highest BCUT2D eigenvalue weighted by Crippen LogP contribution is 2.39. The van der Waals surface area contributed by atoms with E-state index in [0.717, 1.165) is 28.7 Å². The molecule has 5 aromatic rings. The van der Waals surface area contributed by atoms with Crippen LogP contribution in [-0.2, 0) is 12.8 Å². The van der Waals surface area contributed by atoms with Gasteiger partial charge in [0.15, 0.2) is 0 Å². The Morgan fingerprint density at radius 1 is 1.03 bits per heavy atom. The van der Waals surface area contributed by atoms with Crippen LogP contribution in [0.25, 0.3) is 38.9 Å². The van der Waals surface area contributed by atoms with Crippen LogP contribution in [0.2, 0.25) is 0 Å². The lowest BCUT2D eigenvalue weighted by atomic mass is 9.86. The number of nitrogens with two attached hydrogens (primary N) is 1. The molecule has 0 fully saturated rings. The van der Waals surface area contributed by atoms with E-state index in [1.54, 1.807) is 0 Å². The van der Waals surface area contributed by atoms with E-state index in [0.29, 0.717) is 34.3 Å². The third kappa shape index (κ3) is 2.37. The number of aromatic nitrogens is 2. The molecule has 6 nitrogen and oxygen atoms in total. The van der Waals surface area contributed by atoms with E-state index >= 15 is 0 Å². The number of anilines is 1. The zero-order valence-electron chi connectivity index (χ0n) is 16.4. The number of benzene rings is 2. The number of hydrogen-bond donors (Lipinski definition) is 1. The van der Waals surface area contributed by atoms with Crippen LogP contribution in [0.5, 0.6) is 0 Å². The smallest absolute Gasteiger partial charge is 0.348 e. The molecular formula is C25H16N4O2. The number of nitrogens with zero attached hydrogens (tertiary/aromatic N) is 3. The number of aryl methyl sites for hydroxylation is 2. The molecule has 0 aliphatic heterocycles. The zero-order valence-corrected chi connectivity index (χ0v) is 16.4. The lowest BCUT2D eigenvalue weighted by molar-refractivity contribution is 0.524. The first kappa shape index (κ1) is 17.5. The maximum Gasteiger partial charge on any atom is 0.348 e. The average molecular weight is 404 g/mol. The molecule has 0 saturated heterocycles. The molecular weight excluding hydrogens is 388 g/mol. The van der Waals surface area contributed by atoms with Crippen LogP contribution in [0, 0.1) is 11.3 Å². The number of rotatable bonds is 1. The SMILES string of the molecule is N#Cc1c2c3c(oc(=O)c2c(N)n2nc(-c4ccccc4)cc12)-c1ccccc1CC3. The maximum atomic E-state index is 13.1. The average Bonchev–Trinajstić information content (AvgIpc) is 3.25. The summed E-state index contributed by atoms with van der Waals surface area (Å²) in [4.78, 5) is 13.1. The van der Waals surface area contributed by atoms with Gasteiger partial charge in [0.1, 0.15) is 23.0 Å². The summed E-state index contributed by atoms with van der Waals surface area (Å²) < 4.78 is 7.25. The highest BCUT2D eigenvalue weighted by molar-refractivity contribution is 6.03. The van der Waals surface area contributed by atoms with E-state index in [4.69, 9.17) is 10.2 Å². The second-order valence-corrected chi connectivity index (χ2v) is 7.67. The van der Waals surface area contributed by atoms with Crippen LogP contribution >= 0.6 is 0 Å². The minimum absolute atomic E-state index is 0.182. The van der Waals surface area contributed by atoms with Gasteiger partial charge < -0.3 is 10.2 Å². The standard InChI is InChI=1S/C25H16N4O2/c26-13-18-20-12-19(15-7-2-1-3-8-15)28-29(20)24(27)22-21(18)17-11-10-14-6-4-5-9-16(14)23(17)31-25(22)30/h1-9,12H,10-11,27H2. The Labute approximate surface area is 176 Å². The summed E-state index contributed by atoms with van der Waals surface area (Å²) in [6, 6.07) is 21.7. The Balaban J connectivity index is 1.77. The molecule has 1 aliphatic carbocycles. The minimum Gasteiger partial charge on any atom is -0.422 e. The Bertz CT molecular complexity index is 1620. The van der Waals surface area contributed by atoms with Gasteiger partial charge in [-0.25, -0.2) is 9.31 Å². The summed E-state index contributed by atoms with van der Waals surface area (Å²) in [7, 11) is 0. The Morgan fingerprint density at radius 3 is 2.61 bits per heavy atom. The van der Waals surface area contributed by atoms with Crippen LogP contribution in [0.3, 0.4) is 0 Å². The first-order chi connectivity index (χ1) is 15.2. The van der Waals surface area contributed by atoms with E-state index in [1.165, 1.54) is 4.52 Å². The van der Waals surface area contributed by atoms with E-state index in [9.17, 15) is 10.1 Å². The third-order valence-electron chi connectivity index (χ3n) is 6.01. The fraction of sp³-hybridized carbons (Fsp3) is 0.0800. The van der Waals surface area contributed by atoms with Crippen molar-refractivity contribution in [2.75, 3.05) is 5.73 Å². The van der Waals surface area contributed by atoms with Gasteiger partial charge in [-0.2, -0.15) is 10.4 Å². The van der Waals surface area contributed by atoms with Crippen LogP contribution in [0.15, 0.2) is 69.9 Å². The number of fused-ring (bicyclic) bond motifs is 6. The highest BCUT2D eigenvalue weighted by atomic mass is 16.4. The van der Waals surface area contributed by atoms with E-state index in [-0.39, 0.29) is 11.2 Å². The predicted molar refractivity (Wildman–Crippen MR) is 119 cm³/mol. The molecule has 0 spiro atoms. The molecule has 3 heterocycles. The maximum absolute atomic E-state index is 13.1. The van der Waals surface area contributed by atoms with E-state index < -0.39 is 5.63 Å². The summed E-state index contributed by atoms with van der Waals surface area (Å²) >= 11 is 0. The number of nitrogen functional groups attached to an aromatic ring is 1. The van der Waals surface area contributed by atoms with Gasteiger partial charge >= 0.3 is 5.63 Å². The molecule has 2 aromatic carbocycles. The van der Waals surface area contributed by atoms with Gasteiger partial charge in [-0.15, -0.1) is 0 Å². The van der Waals surface area contributed by atoms with Gasteiger partial charge in [-0.05, 0) is 24.5 Å². The van der Waals surface area contributed by atoms with Crippen molar-refractivity contribution in [2.24, 2.45) is 0 Å². The van der Waals surface area contributed by atoms with Crippen molar-refractivity contribution in [2.45, 2.75) is 12.8 Å². The van der Waals surface area contributed by atoms with Crippen LogP contribution in [0.4, 0.5) is 5.82 Å². The fourth-order valence-electron chi connectivity index (χ4n) is 4.60. The van der Waals surface area contributed by atoms with Gasteiger partial charge in [0.2, 0.25) is 0 Å². The van der Waals surface area contributed by atoms with Crippen LogP contribution < -0.4 is 11.4 Å². The van der Waals surface area contributed by atoms with E-state index in [2.05, 4.69) is 11.2 Å². The van der Waals surface area contributed by atoms with Crippen molar-refractivity contribution < 1.29 is 4.42 Å². The molecule has 3 aromatic heterocycles. The van der Waals surface area contributed by atoms with Crippen molar-refractivity contribution in [1.82, 2.24) is 9.61 Å². The molecule has 0 amide bonds. The number of nitriles is 1. The van der Waals surface area contributed by atoms with Crippen LogP contribution in [0.1, 0.15) is 16.7 Å². The molecule has 0 radical (unpaired) electrons. The highest BCUT2D eigenvalue weighted by Gasteiger charge is 2.27. The molecule has 148 valence electrons. The monoisotopic (exact) mass is 404 g/mol. The molecule has 0 bridgehead atoms. The lowest BCUT2D eigenvalue weighted by Gasteiger charge is -2.20. The summed E-state index contributed by atoms with van der Waals surface area (Å²) in [6.45, 7) is 0. The molecule has 31 heavy (non-hydrogen) atoms. The van der Waals surface area contributed by atoms with Crippen molar-refractivity contribution in [3.05, 3.63) is 87.8 Å². The van der Waals surface area contributed by atoms with Gasteiger partial charge in [-0.3, -0.25) is 0 Å². The lowest BCUT2D eigenvalue weighted by Crippen LogP contribution is -2.15. The second kappa shape index (κ2) is 6.31. The molecule has 6 rings (SSSR count).